The molecule has 1 aliphatic heterocycles. The van der Waals surface area contributed by atoms with E-state index in [1.54, 1.807) is 0 Å². The molecule has 1 saturated carbocycles. The smallest absolute Gasteiger partial charge is 0.109 e. The number of rotatable bonds is 1. The molecule has 0 bridgehead atoms. The van der Waals surface area contributed by atoms with Crippen LogP contribution in [-0.2, 0) is 4.74 Å². The van der Waals surface area contributed by atoms with Crippen molar-refractivity contribution in [2.24, 2.45) is 5.92 Å². The minimum atomic E-state index is -0.913. The second-order valence-corrected chi connectivity index (χ2v) is 3.28. The van der Waals surface area contributed by atoms with Gasteiger partial charge in [-0.25, -0.2) is 0 Å². The summed E-state index contributed by atoms with van der Waals surface area (Å²) in [6.45, 7) is -0.221. The average Bonchev–Trinajstić information content (AvgIpc) is 2.75. The van der Waals surface area contributed by atoms with Crippen LogP contribution >= 0.6 is 0 Å². The summed E-state index contributed by atoms with van der Waals surface area (Å²) in [5, 5.41) is 27.4. The van der Waals surface area contributed by atoms with Gasteiger partial charge < -0.3 is 20.1 Å². The van der Waals surface area contributed by atoms with Crippen molar-refractivity contribution in [2.45, 2.75) is 30.8 Å². The predicted molar refractivity (Wildman–Crippen MR) is 35.9 cm³/mol. The van der Waals surface area contributed by atoms with Gasteiger partial charge in [0.25, 0.3) is 0 Å². The Bertz CT molecular complexity index is 161. The van der Waals surface area contributed by atoms with Gasteiger partial charge in [-0.3, -0.25) is 0 Å². The highest BCUT2D eigenvalue weighted by molar-refractivity contribution is 5.02. The van der Waals surface area contributed by atoms with Gasteiger partial charge in [0.2, 0.25) is 0 Å². The lowest BCUT2D eigenvalue weighted by Gasteiger charge is -2.30. The first-order valence-electron chi connectivity index (χ1n) is 3.86. The molecule has 0 aromatic heterocycles. The quantitative estimate of drug-likeness (QED) is 0.436. The predicted octanol–water partition coefficient (Wildman–Crippen LogP) is -1.51. The maximum atomic E-state index is 9.35. The molecule has 2 rings (SSSR count). The fraction of sp³-hybridized carbons (Fsp3) is 1.00. The summed E-state index contributed by atoms with van der Waals surface area (Å²) in [6.07, 6.45) is -1.32. The second-order valence-electron chi connectivity index (χ2n) is 3.28. The molecule has 0 aromatic rings. The Kier molecular flexibility index (Phi) is 1.64. The highest BCUT2D eigenvalue weighted by Crippen LogP contribution is 2.43. The topological polar surface area (TPSA) is 69.9 Å². The van der Waals surface area contributed by atoms with Crippen molar-refractivity contribution in [3.63, 3.8) is 0 Å². The van der Waals surface area contributed by atoms with Gasteiger partial charge in [-0.2, -0.15) is 0 Å². The van der Waals surface area contributed by atoms with E-state index in [1.165, 1.54) is 0 Å². The Morgan fingerprint density at radius 3 is 2.64 bits per heavy atom. The molecule has 11 heavy (non-hydrogen) atoms. The van der Waals surface area contributed by atoms with Crippen molar-refractivity contribution >= 4 is 0 Å². The minimum absolute atomic E-state index is 0.0746. The van der Waals surface area contributed by atoms with E-state index in [-0.39, 0.29) is 18.6 Å². The van der Waals surface area contributed by atoms with Crippen LogP contribution in [0.4, 0.5) is 0 Å². The molecule has 1 saturated heterocycles. The summed E-state index contributed by atoms with van der Waals surface area (Å²) in [4.78, 5) is 0. The SMILES string of the molecule is OCC1OC2CC2C(O)C1O. The Morgan fingerprint density at radius 1 is 1.27 bits per heavy atom. The van der Waals surface area contributed by atoms with E-state index in [9.17, 15) is 10.2 Å². The van der Waals surface area contributed by atoms with Crippen molar-refractivity contribution in [2.75, 3.05) is 6.61 Å². The number of fused-ring (bicyclic) bond motifs is 1. The summed E-state index contributed by atoms with van der Waals surface area (Å²) in [5.74, 6) is 0.104. The fourth-order valence-corrected chi connectivity index (χ4v) is 1.63. The number of aliphatic hydroxyl groups excluding tert-OH is 3. The first kappa shape index (κ1) is 7.49. The summed E-state index contributed by atoms with van der Waals surface area (Å²) in [5.41, 5.74) is 0. The fourth-order valence-electron chi connectivity index (χ4n) is 1.63. The molecule has 0 radical (unpaired) electrons. The molecule has 1 heterocycles. The van der Waals surface area contributed by atoms with Crippen LogP contribution < -0.4 is 0 Å². The second kappa shape index (κ2) is 2.42. The van der Waals surface area contributed by atoms with E-state index in [0.29, 0.717) is 0 Å². The first-order valence-corrected chi connectivity index (χ1v) is 3.86. The van der Waals surface area contributed by atoms with Crippen LogP contribution in [0.15, 0.2) is 0 Å². The molecule has 0 spiro atoms. The average molecular weight is 160 g/mol. The maximum absolute atomic E-state index is 9.35. The molecule has 0 aromatic carbocycles. The normalized spacial score (nSPS) is 55.4. The maximum Gasteiger partial charge on any atom is 0.109 e. The van der Waals surface area contributed by atoms with E-state index < -0.39 is 18.3 Å². The van der Waals surface area contributed by atoms with Gasteiger partial charge in [-0.1, -0.05) is 0 Å². The zero-order valence-corrected chi connectivity index (χ0v) is 6.05. The van der Waals surface area contributed by atoms with Crippen molar-refractivity contribution in [3.05, 3.63) is 0 Å². The highest BCUT2D eigenvalue weighted by atomic mass is 16.5. The van der Waals surface area contributed by atoms with E-state index >= 15 is 0 Å². The highest BCUT2D eigenvalue weighted by Gasteiger charge is 2.53. The van der Waals surface area contributed by atoms with Gasteiger partial charge in [0.1, 0.15) is 12.2 Å². The molecule has 2 aliphatic rings. The van der Waals surface area contributed by atoms with Crippen molar-refractivity contribution in [3.8, 4) is 0 Å². The van der Waals surface area contributed by atoms with Crippen LogP contribution in [-0.4, -0.2) is 46.3 Å². The van der Waals surface area contributed by atoms with E-state index in [2.05, 4.69) is 0 Å². The Balaban J connectivity index is 2.03. The lowest BCUT2D eigenvalue weighted by Crippen LogP contribution is -2.47. The summed E-state index contributed by atoms with van der Waals surface area (Å²) < 4.78 is 5.23. The minimum Gasteiger partial charge on any atom is -0.394 e. The van der Waals surface area contributed by atoms with Gasteiger partial charge in [0.05, 0.1) is 18.8 Å². The van der Waals surface area contributed by atoms with Crippen LogP contribution in [0.5, 0.6) is 0 Å². The van der Waals surface area contributed by atoms with E-state index in [0.717, 1.165) is 6.42 Å². The molecule has 1 aliphatic carbocycles. The molecule has 64 valence electrons. The Hall–Kier alpha value is -0.160. The van der Waals surface area contributed by atoms with E-state index in [4.69, 9.17) is 9.84 Å². The van der Waals surface area contributed by atoms with Gasteiger partial charge >= 0.3 is 0 Å². The number of ether oxygens (including phenoxy) is 1. The van der Waals surface area contributed by atoms with Crippen LogP contribution in [0.1, 0.15) is 6.42 Å². The van der Waals surface area contributed by atoms with E-state index in [1.807, 2.05) is 0 Å². The molecule has 5 unspecified atom stereocenters. The number of aliphatic hydroxyl groups is 3. The van der Waals surface area contributed by atoms with Crippen molar-refractivity contribution in [1.29, 1.82) is 0 Å². The van der Waals surface area contributed by atoms with Gasteiger partial charge in [0.15, 0.2) is 0 Å². The third kappa shape index (κ3) is 1.06. The van der Waals surface area contributed by atoms with Gasteiger partial charge in [0, 0.05) is 5.92 Å². The molecule has 4 heteroatoms. The van der Waals surface area contributed by atoms with Crippen LogP contribution in [0.3, 0.4) is 0 Å². The third-order valence-electron chi connectivity index (χ3n) is 2.48. The Labute approximate surface area is 64.4 Å². The number of hydrogen-bond acceptors (Lipinski definition) is 4. The molecule has 4 nitrogen and oxygen atoms in total. The number of hydrogen-bond donors (Lipinski definition) is 3. The zero-order valence-electron chi connectivity index (χ0n) is 6.05. The van der Waals surface area contributed by atoms with Crippen LogP contribution in [0.2, 0.25) is 0 Å². The molecule has 2 fully saturated rings. The van der Waals surface area contributed by atoms with Crippen LogP contribution in [0, 0.1) is 5.92 Å². The summed E-state index contributed by atoms with van der Waals surface area (Å²) >= 11 is 0. The molecule has 3 N–H and O–H groups in total. The molecular formula is C7H12O4. The molecule has 0 amide bonds. The first-order chi connectivity index (χ1) is 5.24. The summed E-state index contributed by atoms with van der Waals surface area (Å²) in [7, 11) is 0. The zero-order chi connectivity index (χ0) is 8.01. The lowest BCUT2D eigenvalue weighted by molar-refractivity contribution is -0.152. The largest absolute Gasteiger partial charge is 0.394 e. The Morgan fingerprint density at radius 2 is 2.00 bits per heavy atom. The lowest BCUT2D eigenvalue weighted by atomic mass is 10.0. The van der Waals surface area contributed by atoms with Crippen molar-refractivity contribution < 1.29 is 20.1 Å². The van der Waals surface area contributed by atoms with Crippen LogP contribution in [0.25, 0.3) is 0 Å². The summed E-state index contributed by atoms with van der Waals surface area (Å²) in [6, 6.07) is 0. The third-order valence-corrected chi connectivity index (χ3v) is 2.48. The standard InChI is InChI=1S/C7H12O4/c8-2-5-7(10)6(9)3-1-4(3)11-5/h3-10H,1-2H2. The van der Waals surface area contributed by atoms with Gasteiger partial charge in [-0.15, -0.1) is 0 Å². The molecule has 5 atom stereocenters. The molecular weight excluding hydrogens is 148 g/mol. The van der Waals surface area contributed by atoms with Gasteiger partial charge in [-0.05, 0) is 6.42 Å². The van der Waals surface area contributed by atoms with Crippen molar-refractivity contribution in [1.82, 2.24) is 0 Å². The monoisotopic (exact) mass is 160 g/mol.